The van der Waals surface area contributed by atoms with Crippen molar-refractivity contribution in [1.29, 1.82) is 5.26 Å². The molecule has 0 fully saturated rings. The molecule has 1 atom stereocenters. The van der Waals surface area contributed by atoms with Gasteiger partial charge in [0.05, 0.1) is 22.5 Å². The number of carbonyl (C=O) groups excluding carboxylic acids is 2. The minimum atomic E-state index is -0.429. The fourth-order valence-corrected chi connectivity index (χ4v) is 3.95. The lowest BCUT2D eigenvalue weighted by molar-refractivity contribution is -0.137. The molecule has 1 heterocycles. The lowest BCUT2D eigenvalue weighted by Gasteiger charge is -2.22. The van der Waals surface area contributed by atoms with E-state index < -0.39 is 11.9 Å². The van der Waals surface area contributed by atoms with Gasteiger partial charge in [0.25, 0.3) is 5.91 Å². The van der Waals surface area contributed by atoms with Gasteiger partial charge in [-0.15, -0.1) is 11.8 Å². The van der Waals surface area contributed by atoms with Crippen LogP contribution >= 0.6 is 23.5 Å². The zero-order chi connectivity index (χ0) is 16.7. The Hall–Kier alpha value is -2.17. The average molecular weight is 346 g/mol. The first-order valence-corrected chi connectivity index (χ1v) is 8.55. The van der Waals surface area contributed by atoms with E-state index in [2.05, 4.69) is 10.1 Å². The van der Waals surface area contributed by atoms with Crippen LogP contribution in [-0.4, -0.2) is 30.1 Å². The van der Waals surface area contributed by atoms with E-state index in [0.29, 0.717) is 4.24 Å². The second kappa shape index (κ2) is 8.46. The van der Waals surface area contributed by atoms with Crippen molar-refractivity contribution in [2.75, 3.05) is 12.9 Å². The highest BCUT2D eigenvalue weighted by Gasteiger charge is 2.27. The van der Waals surface area contributed by atoms with Crippen LogP contribution in [0.5, 0.6) is 0 Å². The monoisotopic (exact) mass is 346 g/mol. The van der Waals surface area contributed by atoms with Crippen LogP contribution in [0.25, 0.3) is 6.08 Å². The molecule has 0 aromatic heterocycles. The van der Waals surface area contributed by atoms with E-state index >= 15 is 0 Å². The van der Waals surface area contributed by atoms with Gasteiger partial charge in [0.15, 0.2) is 0 Å². The number of hydrogen-bond acceptors (Lipinski definition) is 6. The zero-order valence-corrected chi connectivity index (χ0v) is 13.9. The first-order valence-electron chi connectivity index (χ1n) is 6.69. The summed E-state index contributed by atoms with van der Waals surface area (Å²) in [7, 11) is 1.30. The fourth-order valence-electron chi connectivity index (χ4n) is 1.73. The van der Waals surface area contributed by atoms with E-state index in [0.717, 1.165) is 17.3 Å². The molecule has 1 N–H and O–H groups in total. The molecular weight excluding hydrogens is 332 g/mol. The van der Waals surface area contributed by atoms with Crippen LogP contribution in [0.3, 0.4) is 0 Å². The van der Waals surface area contributed by atoms with Crippen LogP contribution in [0, 0.1) is 11.3 Å². The Labute approximate surface area is 142 Å². The molecule has 0 bridgehead atoms. The van der Waals surface area contributed by atoms with Crippen molar-refractivity contribution in [1.82, 2.24) is 5.32 Å². The van der Waals surface area contributed by atoms with Crippen LogP contribution in [0.1, 0.15) is 5.56 Å². The van der Waals surface area contributed by atoms with Crippen LogP contribution in [0.2, 0.25) is 0 Å². The first-order chi connectivity index (χ1) is 11.1. The van der Waals surface area contributed by atoms with Crippen molar-refractivity contribution < 1.29 is 14.3 Å². The Morgan fingerprint density at radius 2 is 2.22 bits per heavy atom. The molecule has 2 rings (SSSR count). The summed E-state index contributed by atoms with van der Waals surface area (Å²) < 4.78 is 5.11. The number of esters is 1. The van der Waals surface area contributed by atoms with E-state index in [-0.39, 0.29) is 16.7 Å². The number of amides is 1. The third-order valence-electron chi connectivity index (χ3n) is 2.86. The summed E-state index contributed by atoms with van der Waals surface area (Å²) in [5.41, 5.74) is 1.05. The van der Waals surface area contributed by atoms with E-state index in [1.54, 1.807) is 0 Å². The summed E-state index contributed by atoms with van der Waals surface area (Å²) in [5.74, 6) is -0.768. The molecule has 1 aromatic carbocycles. The van der Waals surface area contributed by atoms with Gasteiger partial charge in [-0.1, -0.05) is 54.2 Å². The SMILES string of the molecule is COC(=O)CSC1=C(C#N)C(=O)N[C@@H](/C=C/c2ccccc2)S1. The zero-order valence-electron chi connectivity index (χ0n) is 12.3. The standard InChI is InChI=1S/C16H14N2O3S2/c1-21-14(19)10-22-16-12(9-17)15(20)18-13(23-16)8-7-11-5-3-2-4-6-11/h2-8,13H,10H2,1H3,(H,18,20)/b8-7+/t13-/m1/s1. The molecule has 0 saturated heterocycles. The Morgan fingerprint density at radius 1 is 1.48 bits per heavy atom. The molecule has 0 aliphatic carbocycles. The van der Waals surface area contributed by atoms with Gasteiger partial charge in [-0.2, -0.15) is 5.26 Å². The number of thioether (sulfide) groups is 2. The first kappa shape index (κ1) is 17.2. The number of hydrogen-bond donors (Lipinski definition) is 1. The fraction of sp³-hybridized carbons (Fsp3) is 0.188. The van der Waals surface area contributed by atoms with Crippen LogP contribution in [0.4, 0.5) is 0 Å². The number of carbonyl (C=O) groups is 2. The van der Waals surface area contributed by atoms with Gasteiger partial charge < -0.3 is 10.1 Å². The van der Waals surface area contributed by atoms with Crippen molar-refractivity contribution in [2.24, 2.45) is 0 Å². The number of rotatable bonds is 5. The number of methoxy groups -OCH3 is 1. The molecule has 7 heteroatoms. The molecule has 0 unspecified atom stereocenters. The summed E-state index contributed by atoms with van der Waals surface area (Å²) >= 11 is 2.48. The van der Waals surface area contributed by atoms with Gasteiger partial charge in [0.1, 0.15) is 11.6 Å². The third kappa shape index (κ3) is 4.91. The number of ether oxygens (including phenoxy) is 1. The van der Waals surface area contributed by atoms with Crippen LogP contribution in [-0.2, 0) is 14.3 Å². The molecule has 1 aromatic rings. The summed E-state index contributed by atoms with van der Waals surface area (Å²) in [5, 5.41) is 11.6. The number of nitrogens with zero attached hydrogens (tertiary/aromatic N) is 1. The lowest BCUT2D eigenvalue weighted by atomic mass is 10.2. The highest BCUT2D eigenvalue weighted by atomic mass is 32.2. The van der Waals surface area contributed by atoms with Crippen molar-refractivity contribution in [3.05, 3.63) is 51.8 Å². The van der Waals surface area contributed by atoms with Crippen molar-refractivity contribution in [3.63, 3.8) is 0 Å². The van der Waals surface area contributed by atoms with E-state index in [1.807, 2.05) is 48.6 Å². The molecule has 1 aliphatic heterocycles. The van der Waals surface area contributed by atoms with Gasteiger partial charge in [0, 0.05) is 0 Å². The predicted octanol–water partition coefficient (Wildman–Crippen LogP) is 2.53. The smallest absolute Gasteiger partial charge is 0.316 e. The van der Waals surface area contributed by atoms with Crippen molar-refractivity contribution >= 4 is 41.5 Å². The van der Waals surface area contributed by atoms with Gasteiger partial charge in [-0.05, 0) is 5.56 Å². The molecule has 23 heavy (non-hydrogen) atoms. The Bertz CT molecular complexity index is 693. The largest absolute Gasteiger partial charge is 0.468 e. The number of nitriles is 1. The van der Waals surface area contributed by atoms with E-state index in [9.17, 15) is 9.59 Å². The summed E-state index contributed by atoms with van der Waals surface area (Å²) in [6.07, 6.45) is 3.75. The van der Waals surface area contributed by atoms with Crippen LogP contribution < -0.4 is 5.32 Å². The van der Waals surface area contributed by atoms with E-state index in [4.69, 9.17) is 5.26 Å². The molecule has 1 amide bonds. The minimum Gasteiger partial charge on any atom is -0.468 e. The van der Waals surface area contributed by atoms with Crippen molar-refractivity contribution in [3.8, 4) is 6.07 Å². The molecule has 1 aliphatic rings. The maximum absolute atomic E-state index is 12.0. The lowest BCUT2D eigenvalue weighted by Crippen LogP contribution is -2.35. The third-order valence-corrected chi connectivity index (χ3v) is 5.30. The maximum Gasteiger partial charge on any atom is 0.316 e. The minimum absolute atomic E-state index is 0.0354. The molecule has 118 valence electrons. The summed E-state index contributed by atoms with van der Waals surface area (Å²) in [6, 6.07) is 11.6. The van der Waals surface area contributed by atoms with Gasteiger partial charge in [-0.25, -0.2) is 0 Å². The van der Waals surface area contributed by atoms with Gasteiger partial charge >= 0.3 is 5.97 Å². The molecular formula is C16H14N2O3S2. The topological polar surface area (TPSA) is 79.2 Å². The normalized spacial score (nSPS) is 17.7. The Morgan fingerprint density at radius 3 is 2.87 bits per heavy atom. The number of nitrogens with one attached hydrogen (secondary N) is 1. The molecule has 0 spiro atoms. The summed E-state index contributed by atoms with van der Waals surface area (Å²) in [4.78, 5) is 23.3. The van der Waals surface area contributed by atoms with Crippen molar-refractivity contribution in [2.45, 2.75) is 5.37 Å². The van der Waals surface area contributed by atoms with E-state index in [1.165, 1.54) is 18.9 Å². The maximum atomic E-state index is 12.0. The Balaban J connectivity index is 2.10. The average Bonchev–Trinajstić information content (AvgIpc) is 2.58. The quantitative estimate of drug-likeness (QED) is 0.826. The predicted molar refractivity (Wildman–Crippen MR) is 92.1 cm³/mol. The van der Waals surface area contributed by atoms with Crippen LogP contribution in [0.15, 0.2) is 46.2 Å². The molecule has 5 nitrogen and oxygen atoms in total. The number of benzene rings is 1. The highest BCUT2D eigenvalue weighted by molar-refractivity contribution is 8.23. The summed E-state index contributed by atoms with van der Waals surface area (Å²) in [6.45, 7) is 0. The molecule has 0 radical (unpaired) electrons. The van der Waals surface area contributed by atoms with Gasteiger partial charge in [-0.3, -0.25) is 9.59 Å². The highest BCUT2D eigenvalue weighted by Crippen LogP contribution is 2.37. The molecule has 0 saturated carbocycles. The second-order valence-electron chi connectivity index (χ2n) is 4.42. The van der Waals surface area contributed by atoms with Gasteiger partial charge in [0.2, 0.25) is 0 Å². The Kier molecular flexibility index (Phi) is 6.32. The second-order valence-corrected chi connectivity index (χ2v) is 6.82.